The number of halogens is 4. The topological polar surface area (TPSA) is 18.5 Å². The van der Waals surface area contributed by atoms with Crippen LogP contribution in [0.25, 0.3) is 0 Å². The summed E-state index contributed by atoms with van der Waals surface area (Å²) in [7, 11) is 0. The molecule has 2 saturated carbocycles. The molecule has 0 amide bonds. The molecule has 0 saturated heterocycles. The molecule has 2 aliphatic carbocycles. The highest BCUT2D eigenvalue weighted by atomic mass is 19.2. The smallest absolute Gasteiger partial charge is 0.204 e. The van der Waals surface area contributed by atoms with Crippen LogP contribution in [0, 0.1) is 35.1 Å². The summed E-state index contributed by atoms with van der Waals surface area (Å²) in [6, 6.07) is 6.39. The molecule has 2 nitrogen and oxygen atoms in total. The first-order valence-electron chi connectivity index (χ1n) is 13.6. The van der Waals surface area contributed by atoms with Crippen molar-refractivity contribution in [1.29, 1.82) is 0 Å². The van der Waals surface area contributed by atoms with Crippen LogP contribution in [0.15, 0.2) is 24.3 Å². The summed E-state index contributed by atoms with van der Waals surface area (Å²) in [6.45, 7) is 4.80. The molecule has 36 heavy (non-hydrogen) atoms. The predicted octanol–water partition coefficient (Wildman–Crippen LogP) is 9.07. The van der Waals surface area contributed by atoms with E-state index in [2.05, 4.69) is 6.92 Å². The van der Waals surface area contributed by atoms with Crippen molar-refractivity contribution < 1.29 is 27.0 Å². The van der Waals surface area contributed by atoms with Crippen molar-refractivity contribution in [3.05, 3.63) is 58.7 Å². The van der Waals surface area contributed by atoms with E-state index in [4.69, 9.17) is 9.47 Å². The van der Waals surface area contributed by atoms with Crippen LogP contribution in [0.3, 0.4) is 0 Å². The summed E-state index contributed by atoms with van der Waals surface area (Å²) in [5.41, 5.74) is 0.993. The Bertz CT molecular complexity index is 1010. The van der Waals surface area contributed by atoms with E-state index in [9.17, 15) is 13.2 Å². The molecule has 2 aromatic rings. The number of unbranched alkanes of at least 4 members (excludes halogenated alkanes) is 1. The van der Waals surface area contributed by atoms with Crippen molar-refractivity contribution in [3.63, 3.8) is 0 Å². The maximum Gasteiger partial charge on any atom is 0.204 e. The summed E-state index contributed by atoms with van der Waals surface area (Å²) in [5.74, 6) is -2.77. The van der Waals surface area contributed by atoms with Gasteiger partial charge in [-0.15, -0.1) is 0 Å². The van der Waals surface area contributed by atoms with Crippen LogP contribution < -0.4 is 9.47 Å². The van der Waals surface area contributed by atoms with Gasteiger partial charge in [-0.1, -0.05) is 45.2 Å². The highest BCUT2D eigenvalue weighted by molar-refractivity contribution is 5.35. The third kappa shape index (κ3) is 6.18. The molecule has 0 unspecified atom stereocenters. The van der Waals surface area contributed by atoms with Gasteiger partial charge in [0.2, 0.25) is 11.6 Å². The Labute approximate surface area is 212 Å². The molecule has 0 aliphatic heterocycles. The molecule has 6 heteroatoms. The van der Waals surface area contributed by atoms with Crippen LogP contribution in [0.4, 0.5) is 17.6 Å². The van der Waals surface area contributed by atoms with Gasteiger partial charge in [0, 0.05) is 0 Å². The molecule has 0 atom stereocenters. The normalized spacial score (nSPS) is 24.5. The van der Waals surface area contributed by atoms with Gasteiger partial charge in [-0.25, -0.2) is 8.78 Å². The SMILES string of the molecule is CCCCOc1ccc(OCC2CCC(c3ccc(C4CCC(C)CC4)c(F)c3F)CC2)c(F)c1F. The van der Waals surface area contributed by atoms with Gasteiger partial charge in [-0.05, 0) is 91.9 Å². The number of benzene rings is 2. The molecule has 0 spiro atoms. The van der Waals surface area contributed by atoms with Gasteiger partial charge in [0.15, 0.2) is 23.1 Å². The van der Waals surface area contributed by atoms with E-state index in [1.165, 1.54) is 12.1 Å². The fourth-order valence-corrected chi connectivity index (χ4v) is 5.69. The fraction of sp³-hybridized carbons (Fsp3) is 0.600. The second-order valence-electron chi connectivity index (χ2n) is 10.7. The second kappa shape index (κ2) is 12.3. The number of hydrogen-bond acceptors (Lipinski definition) is 2. The Morgan fingerprint density at radius 3 is 1.69 bits per heavy atom. The maximum atomic E-state index is 15.1. The standard InChI is InChI=1S/C30H38F4O2/c1-3-4-17-35-25-15-16-26(30(34)29(25)33)36-18-20-7-11-22(12-8-20)24-14-13-23(27(31)28(24)32)21-9-5-19(2)6-10-21/h13-16,19-22H,3-12,17-18H2,1-2H3. The average Bonchev–Trinajstić information content (AvgIpc) is 2.89. The van der Waals surface area contributed by atoms with Crippen LogP contribution in [-0.2, 0) is 0 Å². The van der Waals surface area contributed by atoms with Gasteiger partial charge in [-0.2, -0.15) is 8.78 Å². The minimum atomic E-state index is -1.04. The summed E-state index contributed by atoms with van der Waals surface area (Å²) >= 11 is 0. The summed E-state index contributed by atoms with van der Waals surface area (Å²) in [6.07, 6.45) is 8.58. The molecule has 0 N–H and O–H groups in total. The zero-order chi connectivity index (χ0) is 25.7. The Hall–Kier alpha value is -2.24. The van der Waals surface area contributed by atoms with E-state index >= 15 is 4.39 Å². The highest BCUT2D eigenvalue weighted by Crippen LogP contribution is 2.41. The Morgan fingerprint density at radius 2 is 1.17 bits per heavy atom. The molecule has 4 rings (SSSR count). The fourth-order valence-electron chi connectivity index (χ4n) is 5.69. The van der Waals surface area contributed by atoms with Gasteiger partial charge in [0.25, 0.3) is 0 Å². The first-order chi connectivity index (χ1) is 17.4. The van der Waals surface area contributed by atoms with Crippen molar-refractivity contribution in [3.8, 4) is 11.5 Å². The maximum absolute atomic E-state index is 15.1. The van der Waals surface area contributed by atoms with E-state index in [0.29, 0.717) is 36.5 Å². The molecule has 2 aromatic carbocycles. The number of hydrogen-bond donors (Lipinski definition) is 0. The van der Waals surface area contributed by atoms with Gasteiger partial charge in [0.1, 0.15) is 0 Å². The van der Waals surface area contributed by atoms with Crippen molar-refractivity contribution in [2.75, 3.05) is 13.2 Å². The predicted molar refractivity (Wildman–Crippen MR) is 134 cm³/mol. The second-order valence-corrected chi connectivity index (χ2v) is 10.7. The minimum Gasteiger partial charge on any atom is -0.490 e. The zero-order valence-corrected chi connectivity index (χ0v) is 21.4. The molecule has 2 aliphatic rings. The van der Waals surface area contributed by atoms with E-state index in [1.54, 1.807) is 12.1 Å². The van der Waals surface area contributed by atoms with E-state index < -0.39 is 23.3 Å². The Morgan fingerprint density at radius 1 is 0.667 bits per heavy atom. The van der Waals surface area contributed by atoms with E-state index in [-0.39, 0.29) is 35.9 Å². The molecule has 2 fully saturated rings. The third-order valence-electron chi connectivity index (χ3n) is 8.13. The van der Waals surface area contributed by atoms with Gasteiger partial charge < -0.3 is 9.47 Å². The molecule has 198 valence electrons. The lowest BCUT2D eigenvalue weighted by Crippen LogP contribution is -2.21. The van der Waals surface area contributed by atoms with Crippen LogP contribution in [0.1, 0.15) is 101 Å². The number of rotatable bonds is 9. The van der Waals surface area contributed by atoms with Crippen molar-refractivity contribution in [2.24, 2.45) is 11.8 Å². The van der Waals surface area contributed by atoms with Crippen molar-refractivity contribution in [1.82, 2.24) is 0 Å². The first kappa shape index (κ1) is 26.8. The summed E-state index contributed by atoms with van der Waals surface area (Å²) in [5, 5.41) is 0. The lowest BCUT2D eigenvalue weighted by molar-refractivity contribution is 0.190. The van der Waals surface area contributed by atoms with Crippen LogP contribution in [-0.4, -0.2) is 13.2 Å². The molecular weight excluding hydrogens is 468 g/mol. The van der Waals surface area contributed by atoms with Crippen LogP contribution in [0.5, 0.6) is 11.5 Å². The quantitative estimate of drug-likeness (QED) is 0.249. The van der Waals surface area contributed by atoms with Crippen LogP contribution in [0.2, 0.25) is 0 Å². The first-order valence-corrected chi connectivity index (χ1v) is 13.6. The largest absolute Gasteiger partial charge is 0.490 e. The third-order valence-corrected chi connectivity index (χ3v) is 8.13. The van der Waals surface area contributed by atoms with Crippen LogP contribution >= 0.6 is 0 Å². The molecular formula is C30H38F4O2. The van der Waals surface area contributed by atoms with E-state index in [0.717, 1.165) is 51.4 Å². The highest BCUT2D eigenvalue weighted by Gasteiger charge is 2.29. The Kier molecular flexibility index (Phi) is 9.19. The molecule has 0 heterocycles. The van der Waals surface area contributed by atoms with E-state index in [1.807, 2.05) is 6.92 Å². The zero-order valence-electron chi connectivity index (χ0n) is 21.4. The van der Waals surface area contributed by atoms with Gasteiger partial charge in [-0.3, -0.25) is 0 Å². The monoisotopic (exact) mass is 506 g/mol. The van der Waals surface area contributed by atoms with Gasteiger partial charge >= 0.3 is 0 Å². The summed E-state index contributed by atoms with van der Waals surface area (Å²) < 4.78 is 69.7. The minimum absolute atomic E-state index is 0.0371. The van der Waals surface area contributed by atoms with Crippen molar-refractivity contribution in [2.45, 2.75) is 89.9 Å². The average molecular weight is 507 g/mol. The summed E-state index contributed by atoms with van der Waals surface area (Å²) in [4.78, 5) is 0. The number of ether oxygens (including phenoxy) is 2. The molecule has 0 radical (unpaired) electrons. The lowest BCUT2D eigenvalue weighted by atomic mass is 9.76. The molecule has 0 bridgehead atoms. The van der Waals surface area contributed by atoms with Crippen molar-refractivity contribution >= 4 is 0 Å². The van der Waals surface area contributed by atoms with Gasteiger partial charge in [0.05, 0.1) is 13.2 Å². The Balaban J connectivity index is 1.30. The molecule has 0 aromatic heterocycles. The lowest BCUT2D eigenvalue weighted by Gasteiger charge is -2.30.